The third kappa shape index (κ3) is 3.99. The molecule has 5 nitrogen and oxygen atoms in total. The van der Waals surface area contributed by atoms with E-state index in [4.69, 9.17) is 0 Å². The van der Waals surface area contributed by atoms with Crippen LogP contribution in [0.25, 0.3) is 0 Å². The molecule has 0 unspecified atom stereocenters. The van der Waals surface area contributed by atoms with Gasteiger partial charge in [-0.05, 0) is 30.2 Å². The zero-order valence-electron chi connectivity index (χ0n) is 14.6. The van der Waals surface area contributed by atoms with Crippen LogP contribution >= 0.6 is 0 Å². The molecular weight excluding hydrogens is 314 g/mol. The van der Waals surface area contributed by atoms with Gasteiger partial charge < -0.3 is 15.1 Å². The lowest BCUT2D eigenvalue weighted by molar-refractivity contribution is 0.0827. The highest BCUT2D eigenvalue weighted by molar-refractivity contribution is 5.96. The fourth-order valence-electron chi connectivity index (χ4n) is 3.13. The summed E-state index contributed by atoms with van der Waals surface area (Å²) in [5.74, 6) is 0.301. The third-order valence-electron chi connectivity index (χ3n) is 4.51. The third-order valence-corrected chi connectivity index (χ3v) is 4.51. The second kappa shape index (κ2) is 7.38. The van der Waals surface area contributed by atoms with Gasteiger partial charge in [-0.1, -0.05) is 36.4 Å². The van der Waals surface area contributed by atoms with E-state index in [-0.39, 0.29) is 11.9 Å². The molecule has 1 heterocycles. The number of hydrogen-bond acceptors (Lipinski definition) is 2. The summed E-state index contributed by atoms with van der Waals surface area (Å²) in [5, 5.41) is 2.91. The van der Waals surface area contributed by atoms with Crippen LogP contribution in [0.5, 0.6) is 0 Å². The van der Waals surface area contributed by atoms with Gasteiger partial charge in [0.1, 0.15) is 0 Å². The maximum absolute atomic E-state index is 12.5. The van der Waals surface area contributed by atoms with Gasteiger partial charge in [-0.15, -0.1) is 0 Å². The number of benzene rings is 2. The number of nitrogens with one attached hydrogen (secondary N) is 1. The number of carbonyl (C=O) groups is 2. The highest BCUT2D eigenvalue weighted by Gasteiger charge is 2.27. The molecule has 2 aromatic rings. The van der Waals surface area contributed by atoms with E-state index in [0.717, 1.165) is 13.0 Å². The van der Waals surface area contributed by atoms with Crippen LogP contribution in [0.3, 0.4) is 0 Å². The molecule has 0 radical (unpaired) electrons. The van der Waals surface area contributed by atoms with Crippen LogP contribution in [0.4, 0.5) is 10.5 Å². The Bertz CT molecular complexity index is 759. The summed E-state index contributed by atoms with van der Waals surface area (Å²) in [6.45, 7) is 1.45. The van der Waals surface area contributed by atoms with E-state index in [9.17, 15) is 9.59 Å². The van der Waals surface area contributed by atoms with E-state index < -0.39 is 0 Å². The van der Waals surface area contributed by atoms with Crippen molar-refractivity contribution in [3.8, 4) is 0 Å². The molecule has 1 atom stereocenters. The van der Waals surface area contributed by atoms with Gasteiger partial charge in [-0.2, -0.15) is 0 Å². The van der Waals surface area contributed by atoms with Crippen LogP contribution in [0.2, 0.25) is 0 Å². The summed E-state index contributed by atoms with van der Waals surface area (Å²) in [5.41, 5.74) is 2.48. The Balaban J connectivity index is 1.63. The van der Waals surface area contributed by atoms with Gasteiger partial charge in [0, 0.05) is 44.4 Å². The summed E-state index contributed by atoms with van der Waals surface area (Å²) < 4.78 is 0. The van der Waals surface area contributed by atoms with Gasteiger partial charge in [0.15, 0.2) is 0 Å². The first-order valence-corrected chi connectivity index (χ1v) is 8.47. The van der Waals surface area contributed by atoms with E-state index in [1.54, 1.807) is 38.4 Å². The molecule has 0 aromatic heterocycles. The summed E-state index contributed by atoms with van der Waals surface area (Å²) in [6, 6.07) is 17.2. The molecule has 25 heavy (non-hydrogen) atoms. The normalized spacial score (nSPS) is 16.6. The van der Waals surface area contributed by atoms with Crippen LogP contribution in [-0.4, -0.2) is 48.9 Å². The Morgan fingerprint density at radius 3 is 2.56 bits per heavy atom. The van der Waals surface area contributed by atoms with E-state index in [1.165, 1.54) is 10.5 Å². The van der Waals surface area contributed by atoms with Crippen molar-refractivity contribution < 1.29 is 9.59 Å². The number of urea groups is 1. The molecular formula is C20H23N3O2. The summed E-state index contributed by atoms with van der Waals surface area (Å²) in [7, 11) is 3.42. The smallest absolute Gasteiger partial charge is 0.321 e. The van der Waals surface area contributed by atoms with Crippen molar-refractivity contribution in [2.24, 2.45) is 0 Å². The highest BCUT2D eigenvalue weighted by atomic mass is 16.2. The SMILES string of the molecule is CN(C)C(=O)c1cccc(NC(=O)N2CC[C@@H](c3ccccc3)C2)c1. The van der Waals surface area contributed by atoms with Gasteiger partial charge in [-0.25, -0.2) is 4.79 Å². The lowest BCUT2D eigenvalue weighted by Gasteiger charge is -2.18. The molecule has 5 heteroatoms. The van der Waals surface area contributed by atoms with Crippen molar-refractivity contribution in [3.05, 3.63) is 65.7 Å². The molecule has 0 saturated carbocycles. The number of carbonyl (C=O) groups excluding carboxylic acids is 2. The minimum atomic E-state index is -0.118. The molecule has 2 aromatic carbocycles. The fourth-order valence-corrected chi connectivity index (χ4v) is 3.13. The van der Waals surface area contributed by atoms with Crippen molar-refractivity contribution >= 4 is 17.6 Å². The summed E-state index contributed by atoms with van der Waals surface area (Å²) in [6.07, 6.45) is 0.969. The Kier molecular flexibility index (Phi) is 5.03. The maximum Gasteiger partial charge on any atom is 0.321 e. The van der Waals surface area contributed by atoms with Gasteiger partial charge in [0.25, 0.3) is 5.91 Å². The van der Waals surface area contributed by atoms with Crippen LogP contribution in [0.1, 0.15) is 28.3 Å². The fraction of sp³-hybridized carbons (Fsp3) is 0.300. The zero-order valence-corrected chi connectivity index (χ0v) is 14.6. The van der Waals surface area contributed by atoms with Gasteiger partial charge in [-0.3, -0.25) is 4.79 Å². The minimum Gasteiger partial charge on any atom is -0.345 e. The van der Waals surface area contributed by atoms with Crippen LogP contribution in [-0.2, 0) is 0 Å². The number of rotatable bonds is 3. The largest absolute Gasteiger partial charge is 0.345 e. The number of hydrogen-bond donors (Lipinski definition) is 1. The molecule has 0 spiro atoms. The van der Waals surface area contributed by atoms with Crippen molar-refractivity contribution in [1.29, 1.82) is 0 Å². The molecule has 1 N–H and O–H groups in total. The minimum absolute atomic E-state index is 0.0820. The first-order valence-electron chi connectivity index (χ1n) is 8.47. The molecule has 3 rings (SSSR count). The molecule has 0 aliphatic carbocycles. The molecule has 3 amide bonds. The molecule has 0 bridgehead atoms. The van der Waals surface area contributed by atoms with Crippen LogP contribution < -0.4 is 5.32 Å². The topological polar surface area (TPSA) is 52.7 Å². The predicted molar refractivity (Wildman–Crippen MR) is 98.9 cm³/mol. The monoisotopic (exact) mass is 337 g/mol. The Hall–Kier alpha value is -2.82. The van der Waals surface area contributed by atoms with Crippen LogP contribution in [0.15, 0.2) is 54.6 Å². The van der Waals surface area contributed by atoms with Crippen molar-refractivity contribution in [1.82, 2.24) is 9.80 Å². The van der Waals surface area contributed by atoms with Gasteiger partial charge >= 0.3 is 6.03 Å². The zero-order chi connectivity index (χ0) is 17.8. The van der Waals surface area contributed by atoms with Gasteiger partial charge in [0.05, 0.1) is 0 Å². The number of anilines is 1. The first-order chi connectivity index (χ1) is 12.0. The Morgan fingerprint density at radius 1 is 1.08 bits per heavy atom. The van der Waals surface area contributed by atoms with E-state index in [1.807, 2.05) is 23.1 Å². The van der Waals surface area contributed by atoms with E-state index >= 15 is 0 Å². The quantitative estimate of drug-likeness (QED) is 0.933. The number of amides is 3. The number of likely N-dealkylation sites (tertiary alicyclic amines) is 1. The second-order valence-electron chi connectivity index (χ2n) is 6.55. The predicted octanol–water partition coefficient (Wildman–Crippen LogP) is 3.41. The van der Waals surface area contributed by atoms with Crippen molar-refractivity contribution in [2.45, 2.75) is 12.3 Å². The van der Waals surface area contributed by atoms with Gasteiger partial charge in [0.2, 0.25) is 0 Å². The summed E-state index contributed by atoms with van der Waals surface area (Å²) in [4.78, 5) is 27.9. The maximum atomic E-state index is 12.5. The number of nitrogens with zero attached hydrogens (tertiary/aromatic N) is 2. The summed E-state index contributed by atoms with van der Waals surface area (Å²) >= 11 is 0. The van der Waals surface area contributed by atoms with Crippen molar-refractivity contribution in [2.75, 3.05) is 32.5 Å². The standard InChI is InChI=1S/C20H23N3O2/c1-22(2)19(24)16-9-6-10-18(13-16)21-20(25)23-12-11-17(14-23)15-7-4-3-5-8-15/h3-10,13,17H,11-12,14H2,1-2H3,(H,21,25)/t17-/m1/s1. The average molecular weight is 337 g/mol. The molecule has 1 saturated heterocycles. The molecule has 130 valence electrons. The molecule has 1 fully saturated rings. The van der Waals surface area contributed by atoms with Crippen LogP contribution in [0, 0.1) is 0 Å². The lowest BCUT2D eigenvalue weighted by Crippen LogP contribution is -2.32. The van der Waals surface area contributed by atoms with E-state index in [2.05, 4.69) is 17.4 Å². The first kappa shape index (κ1) is 17.0. The average Bonchev–Trinajstić information content (AvgIpc) is 3.12. The van der Waals surface area contributed by atoms with E-state index in [0.29, 0.717) is 23.7 Å². The Labute approximate surface area is 148 Å². The highest BCUT2D eigenvalue weighted by Crippen LogP contribution is 2.27. The molecule has 1 aliphatic heterocycles. The lowest BCUT2D eigenvalue weighted by atomic mass is 9.99. The second-order valence-corrected chi connectivity index (χ2v) is 6.55. The molecule has 1 aliphatic rings. The van der Waals surface area contributed by atoms with Crippen molar-refractivity contribution in [3.63, 3.8) is 0 Å². The Morgan fingerprint density at radius 2 is 1.84 bits per heavy atom.